The maximum atomic E-state index is 13.0. The molecule has 1 heterocycles. The molecule has 144 valence electrons. The molecular formula is C20H30N2O3S. The molecule has 0 aromatic heterocycles. The number of hydrogen-bond acceptors (Lipinski definition) is 3. The first-order valence-corrected chi connectivity index (χ1v) is 11.3. The first-order valence-electron chi connectivity index (χ1n) is 9.88. The Bertz CT molecular complexity index is 748. The van der Waals surface area contributed by atoms with Gasteiger partial charge >= 0.3 is 0 Å². The number of benzene rings is 1. The number of hydrogen-bond donors (Lipinski definition) is 1. The van der Waals surface area contributed by atoms with Crippen molar-refractivity contribution >= 4 is 15.9 Å². The van der Waals surface area contributed by atoms with Gasteiger partial charge in [-0.2, -0.15) is 4.31 Å². The monoisotopic (exact) mass is 378 g/mol. The van der Waals surface area contributed by atoms with E-state index in [1.807, 2.05) is 12.1 Å². The van der Waals surface area contributed by atoms with Crippen LogP contribution in [0.2, 0.25) is 0 Å². The van der Waals surface area contributed by atoms with Crippen molar-refractivity contribution in [3.05, 3.63) is 29.3 Å². The van der Waals surface area contributed by atoms with Gasteiger partial charge in [-0.25, -0.2) is 8.42 Å². The fourth-order valence-corrected chi connectivity index (χ4v) is 5.55. The van der Waals surface area contributed by atoms with Crippen LogP contribution in [0.4, 0.5) is 0 Å². The van der Waals surface area contributed by atoms with Crippen LogP contribution in [0.3, 0.4) is 0 Å². The largest absolute Gasteiger partial charge is 0.353 e. The summed E-state index contributed by atoms with van der Waals surface area (Å²) in [5.74, 6) is -0.00431. The van der Waals surface area contributed by atoms with Crippen molar-refractivity contribution in [1.82, 2.24) is 9.62 Å². The highest BCUT2D eigenvalue weighted by atomic mass is 32.2. The second-order valence-corrected chi connectivity index (χ2v) is 9.42. The van der Waals surface area contributed by atoms with E-state index in [4.69, 9.17) is 0 Å². The van der Waals surface area contributed by atoms with E-state index in [2.05, 4.69) is 19.2 Å². The van der Waals surface area contributed by atoms with Gasteiger partial charge in [0.15, 0.2) is 0 Å². The van der Waals surface area contributed by atoms with Crippen LogP contribution in [0.25, 0.3) is 0 Å². The summed E-state index contributed by atoms with van der Waals surface area (Å²) in [6.07, 6.45) is 6.16. The normalized spacial score (nSPS) is 18.9. The zero-order chi connectivity index (χ0) is 18.7. The van der Waals surface area contributed by atoms with E-state index in [-0.39, 0.29) is 17.9 Å². The Morgan fingerprint density at radius 2 is 1.81 bits per heavy atom. The maximum Gasteiger partial charge on any atom is 0.243 e. The molecule has 0 unspecified atom stereocenters. The van der Waals surface area contributed by atoms with Gasteiger partial charge in [0.2, 0.25) is 15.9 Å². The molecule has 1 aromatic carbocycles. The molecular weight excluding hydrogens is 348 g/mol. The van der Waals surface area contributed by atoms with Crippen LogP contribution in [0.1, 0.15) is 57.1 Å². The smallest absolute Gasteiger partial charge is 0.243 e. The van der Waals surface area contributed by atoms with Crippen LogP contribution in [0.5, 0.6) is 0 Å². The number of carbonyl (C=O) groups is 1. The average molecular weight is 379 g/mol. The molecule has 0 saturated carbocycles. The van der Waals surface area contributed by atoms with Crippen LogP contribution in [0.15, 0.2) is 23.1 Å². The van der Waals surface area contributed by atoms with E-state index in [1.54, 1.807) is 10.4 Å². The number of sulfonamides is 1. The Morgan fingerprint density at radius 3 is 2.46 bits per heavy atom. The highest BCUT2D eigenvalue weighted by Crippen LogP contribution is 2.28. The van der Waals surface area contributed by atoms with E-state index in [0.29, 0.717) is 30.8 Å². The highest BCUT2D eigenvalue weighted by Gasteiger charge is 2.32. The molecule has 2 aliphatic rings. The molecule has 1 fully saturated rings. The summed E-state index contributed by atoms with van der Waals surface area (Å²) in [6, 6.07) is 5.77. The fraction of sp³-hybridized carbons (Fsp3) is 0.650. The van der Waals surface area contributed by atoms with Gasteiger partial charge in [0, 0.05) is 25.0 Å². The van der Waals surface area contributed by atoms with E-state index in [1.165, 1.54) is 11.1 Å². The SMILES string of the molecule is CCC(CC)NC(=O)C1CCN(S(=O)(=O)c2ccc3c(c2)CCC3)CC1. The van der Waals surface area contributed by atoms with Gasteiger partial charge in [-0.3, -0.25) is 4.79 Å². The van der Waals surface area contributed by atoms with Crippen molar-refractivity contribution in [2.24, 2.45) is 5.92 Å². The van der Waals surface area contributed by atoms with Gasteiger partial charge in [0.05, 0.1) is 4.90 Å². The molecule has 26 heavy (non-hydrogen) atoms. The lowest BCUT2D eigenvalue weighted by Crippen LogP contribution is -2.45. The van der Waals surface area contributed by atoms with Gasteiger partial charge < -0.3 is 5.32 Å². The number of piperidine rings is 1. The number of amides is 1. The van der Waals surface area contributed by atoms with Crippen LogP contribution in [-0.4, -0.2) is 37.8 Å². The maximum absolute atomic E-state index is 13.0. The quantitative estimate of drug-likeness (QED) is 0.828. The van der Waals surface area contributed by atoms with Crippen molar-refractivity contribution < 1.29 is 13.2 Å². The van der Waals surface area contributed by atoms with Crippen LogP contribution in [-0.2, 0) is 27.7 Å². The second-order valence-electron chi connectivity index (χ2n) is 7.48. The molecule has 5 nitrogen and oxygen atoms in total. The predicted molar refractivity (Wildman–Crippen MR) is 102 cm³/mol. The highest BCUT2D eigenvalue weighted by molar-refractivity contribution is 7.89. The van der Waals surface area contributed by atoms with Crippen LogP contribution < -0.4 is 5.32 Å². The lowest BCUT2D eigenvalue weighted by atomic mass is 9.96. The van der Waals surface area contributed by atoms with Crippen molar-refractivity contribution in [3.63, 3.8) is 0 Å². The number of aryl methyl sites for hydroxylation is 2. The van der Waals surface area contributed by atoms with E-state index in [0.717, 1.165) is 32.1 Å². The molecule has 0 spiro atoms. The van der Waals surface area contributed by atoms with Crippen LogP contribution >= 0.6 is 0 Å². The molecule has 1 aliphatic carbocycles. The van der Waals surface area contributed by atoms with Crippen LogP contribution in [0, 0.1) is 5.92 Å². The predicted octanol–water partition coefficient (Wildman–Crippen LogP) is 2.88. The number of nitrogens with one attached hydrogen (secondary N) is 1. The van der Waals surface area contributed by atoms with Crippen molar-refractivity contribution in [2.45, 2.75) is 69.7 Å². The van der Waals surface area contributed by atoms with Gasteiger partial charge in [0.25, 0.3) is 0 Å². The summed E-state index contributed by atoms with van der Waals surface area (Å²) in [5.41, 5.74) is 2.45. The summed E-state index contributed by atoms with van der Waals surface area (Å²) >= 11 is 0. The number of nitrogens with zero attached hydrogens (tertiary/aromatic N) is 1. The first kappa shape index (κ1) is 19.4. The Balaban J connectivity index is 1.63. The number of rotatable bonds is 6. The lowest BCUT2D eigenvalue weighted by Gasteiger charge is -2.31. The third-order valence-corrected chi connectivity index (χ3v) is 7.76. The molecule has 1 aliphatic heterocycles. The van der Waals surface area contributed by atoms with E-state index < -0.39 is 10.0 Å². The zero-order valence-corrected chi connectivity index (χ0v) is 16.6. The molecule has 0 radical (unpaired) electrons. The third-order valence-electron chi connectivity index (χ3n) is 5.86. The molecule has 3 rings (SSSR count). The summed E-state index contributed by atoms with van der Waals surface area (Å²) in [7, 11) is -3.46. The summed E-state index contributed by atoms with van der Waals surface area (Å²) in [5, 5.41) is 3.09. The van der Waals surface area contributed by atoms with Gasteiger partial charge in [-0.1, -0.05) is 19.9 Å². The molecule has 1 N–H and O–H groups in total. The second kappa shape index (κ2) is 8.09. The minimum Gasteiger partial charge on any atom is -0.353 e. The molecule has 1 aromatic rings. The van der Waals surface area contributed by atoms with Crippen molar-refractivity contribution in [2.75, 3.05) is 13.1 Å². The molecule has 0 bridgehead atoms. The summed E-state index contributed by atoms with van der Waals surface area (Å²) in [4.78, 5) is 12.8. The van der Waals surface area contributed by atoms with Crippen molar-refractivity contribution in [3.8, 4) is 0 Å². The van der Waals surface area contributed by atoms with Crippen molar-refractivity contribution in [1.29, 1.82) is 0 Å². The third kappa shape index (κ3) is 3.96. The first-order chi connectivity index (χ1) is 12.5. The Morgan fingerprint density at radius 1 is 1.15 bits per heavy atom. The zero-order valence-electron chi connectivity index (χ0n) is 15.8. The molecule has 1 saturated heterocycles. The lowest BCUT2D eigenvalue weighted by molar-refractivity contribution is -0.126. The molecule has 0 atom stereocenters. The Hall–Kier alpha value is -1.40. The Labute approximate surface area is 157 Å². The van der Waals surface area contributed by atoms with Gasteiger partial charge in [0.1, 0.15) is 0 Å². The molecule has 1 amide bonds. The van der Waals surface area contributed by atoms with Gasteiger partial charge in [-0.05, 0) is 68.2 Å². The van der Waals surface area contributed by atoms with Gasteiger partial charge in [-0.15, -0.1) is 0 Å². The summed E-state index contributed by atoms with van der Waals surface area (Å²) in [6.45, 7) is 4.97. The van der Waals surface area contributed by atoms with E-state index >= 15 is 0 Å². The topological polar surface area (TPSA) is 66.5 Å². The summed E-state index contributed by atoms with van der Waals surface area (Å²) < 4.78 is 27.5. The minimum absolute atomic E-state index is 0.0771. The number of carbonyl (C=O) groups excluding carboxylic acids is 1. The minimum atomic E-state index is -3.46. The standard InChI is InChI=1S/C20H30N2O3S/c1-3-18(4-2)21-20(23)16-10-12-22(13-11-16)26(24,25)19-9-8-15-6-5-7-17(15)14-19/h8-9,14,16,18H,3-7,10-13H2,1-2H3,(H,21,23). The number of fused-ring (bicyclic) bond motifs is 1. The van der Waals surface area contributed by atoms with E-state index in [9.17, 15) is 13.2 Å². The average Bonchev–Trinajstić information content (AvgIpc) is 3.13. The molecule has 6 heteroatoms. The Kier molecular flexibility index (Phi) is 6.03. The fourth-order valence-electron chi connectivity index (χ4n) is 4.03.